The molecule has 0 heterocycles. The number of nitro benzene ring substituents is 1. The maximum absolute atomic E-state index is 10.5. The highest BCUT2D eigenvalue weighted by Crippen LogP contribution is 2.18. The summed E-state index contributed by atoms with van der Waals surface area (Å²) in [7, 11) is 0. The highest BCUT2D eigenvalue weighted by atomic mass is 16.6. The summed E-state index contributed by atoms with van der Waals surface area (Å²) in [5.41, 5.74) is 0.207. The average molecular weight is 315 g/mol. The minimum absolute atomic E-state index is 0.101. The van der Waals surface area contributed by atoms with Gasteiger partial charge in [-0.25, -0.2) is 0 Å². The van der Waals surface area contributed by atoms with Crippen LogP contribution in [0.1, 0.15) is 0 Å². The second kappa shape index (κ2) is 8.46. The minimum atomic E-state index is -1.73. The molecule has 122 valence electrons. The molecule has 22 heavy (non-hydrogen) atoms. The molecular weight excluding hydrogens is 298 g/mol. The zero-order chi connectivity index (χ0) is 16.7. The first-order valence-electron chi connectivity index (χ1n) is 6.32. The van der Waals surface area contributed by atoms with Gasteiger partial charge in [0.15, 0.2) is 0 Å². The number of benzene rings is 1. The number of hydrogen-bond acceptors (Lipinski definition) is 9. The van der Waals surface area contributed by atoms with Gasteiger partial charge in [-0.3, -0.25) is 10.1 Å². The smallest absolute Gasteiger partial charge is 0.269 e. The van der Waals surface area contributed by atoms with Crippen molar-refractivity contribution in [2.45, 2.75) is 24.4 Å². The lowest BCUT2D eigenvalue weighted by Gasteiger charge is -2.24. The van der Waals surface area contributed by atoms with Gasteiger partial charge in [0.25, 0.3) is 5.69 Å². The number of azo groups is 1. The number of nitro groups is 1. The summed E-state index contributed by atoms with van der Waals surface area (Å²) in [6.07, 6.45) is -6.53. The SMILES string of the molecule is O=[N+]([O-])c1ccc(N=NCC(O)C(O)C(O)C(O)CO)cc1. The van der Waals surface area contributed by atoms with Gasteiger partial charge in [0.1, 0.15) is 24.4 Å². The van der Waals surface area contributed by atoms with Gasteiger partial charge in [0, 0.05) is 12.1 Å². The van der Waals surface area contributed by atoms with Gasteiger partial charge < -0.3 is 25.5 Å². The molecule has 0 aliphatic heterocycles. The third-order valence-electron chi connectivity index (χ3n) is 2.84. The maximum Gasteiger partial charge on any atom is 0.269 e. The number of aliphatic hydroxyl groups excluding tert-OH is 5. The van der Waals surface area contributed by atoms with Crippen LogP contribution in [0.15, 0.2) is 34.5 Å². The summed E-state index contributed by atoms with van der Waals surface area (Å²) in [6, 6.07) is 5.19. The molecule has 0 aliphatic carbocycles. The van der Waals surface area contributed by atoms with Crippen LogP contribution in [0, 0.1) is 10.1 Å². The lowest BCUT2D eigenvalue weighted by molar-refractivity contribution is -0.384. The van der Waals surface area contributed by atoms with Gasteiger partial charge in [0.05, 0.1) is 23.8 Å². The van der Waals surface area contributed by atoms with Gasteiger partial charge in [-0.2, -0.15) is 10.2 Å². The highest BCUT2D eigenvalue weighted by Gasteiger charge is 2.29. The molecule has 1 rings (SSSR count). The number of hydrogen-bond donors (Lipinski definition) is 5. The fraction of sp³-hybridized carbons (Fsp3) is 0.500. The van der Waals surface area contributed by atoms with E-state index in [0.717, 1.165) is 0 Å². The van der Waals surface area contributed by atoms with Crippen LogP contribution in [-0.4, -0.2) is 68.0 Å². The topological polar surface area (TPSA) is 169 Å². The molecule has 0 saturated carbocycles. The minimum Gasteiger partial charge on any atom is -0.394 e. The van der Waals surface area contributed by atoms with Crippen molar-refractivity contribution in [3.63, 3.8) is 0 Å². The molecule has 0 saturated heterocycles. The summed E-state index contributed by atoms with van der Waals surface area (Å²) < 4.78 is 0. The molecule has 0 spiro atoms. The molecule has 5 N–H and O–H groups in total. The van der Waals surface area contributed by atoms with E-state index in [1.807, 2.05) is 0 Å². The van der Waals surface area contributed by atoms with Gasteiger partial charge in [-0.1, -0.05) is 0 Å². The molecule has 4 unspecified atom stereocenters. The molecule has 10 nitrogen and oxygen atoms in total. The largest absolute Gasteiger partial charge is 0.394 e. The van der Waals surface area contributed by atoms with Crippen LogP contribution in [0.4, 0.5) is 11.4 Å². The van der Waals surface area contributed by atoms with Crippen LogP contribution >= 0.6 is 0 Å². The molecule has 1 aromatic carbocycles. The lowest BCUT2D eigenvalue weighted by Crippen LogP contribution is -2.46. The normalized spacial score (nSPS) is 17.1. The van der Waals surface area contributed by atoms with Crippen molar-refractivity contribution in [2.24, 2.45) is 10.2 Å². The van der Waals surface area contributed by atoms with Gasteiger partial charge in [-0.05, 0) is 12.1 Å². The Kier molecular flexibility index (Phi) is 6.95. The predicted molar refractivity (Wildman–Crippen MR) is 73.6 cm³/mol. The summed E-state index contributed by atoms with van der Waals surface area (Å²) >= 11 is 0. The molecule has 0 aliphatic rings. The first kappa shape index (κ1) is 18.1. The van der Waals surface area contributed by atoms with E-state index >= 15 is 0 Å². The Morgan fingerprint density at radius 2 is 1.59 bits per heavy atom. The number of rotatable bonds is 8. The zero-order valence-corrected chi connectivity index (χ0v) is 11.4. The monoisotopic (exact) mass is 315 g/mol. The van der Waals surface area contributed by atoms with Crippen molar-refractivity contribution >= 4 is 11.4 Å². The van der Waals surface area contributed by atoms with E-state index in [1.54, 1.807) is 0 Å². The lowest BCUT2D eigenvalue weighted by atomic mass is 10.0. The van der Waals surface area contributed by atoms with E-state index in [1.165, 1.54) is 24.3 Å². The maximum atomic E-state index is 10.5. The molecule has 0 fully saturated rings. The first-order valence-corrected chi connectivity index (χ1v) is 6.32. The Hall–Kier alpha value is -1.98. The van der Waals surface area contributed by atoms with Crippen LogP contribution in [0.5, 0.6) is 0 Å². The fourth-order valence-electron chi connectivity index (χ4n) is 1.52. The highest BCUT2D eigenvalue weighted by molar-refractivity contribution is 5.43. The van der Waals surface area contributed by atoms with Crippen LogP contribution < -0.4 is 0 Å². The van der Waals surface area contributed by atoms with E-state index in [0.29, 0.717) is 5.69 Å². The molecular formula is C12H17N3O7. The molecule has 10 heteroatoms. The Labute approximate surface area is 125 Å². The first-order chi connectivity index (χ1) is 10.4. The van der Waals surface area contributed by atoms with Crippen LogP contribution in [0.3, 0.4) is 0 Å². The quantitative estimate of drug-likeness (QED) is 0.235. The molecule has 4 atom stereocenters. The molecule has 0 bridgehead atoms. The van der Waals surface area contributed by atoms with E-state index < -0.39 is 35.9 Å². The Bertz CT molecular complexity index is 508. The predicted octanol–water partition coefficient (Wildman–Crippen LogP) is -0.886. The Morgan fingerprint density at radius 1 is 1.05 bits per heavy atom. The van der Waals surface area contributed by atoms with Gasteiger partial charge >= 0.3 is 0 Å². The summed E-state index contributed by atoms with van der Waals surface area (Å²) in [6.45, 7) is -1.14. The van der Waals surface area contributed by atoms with Crippen LogP contribution in [-0.2, 0) is 0 Å². The summed E-state index contributed by atoms with van der Waals surface area (Å²) in [5, 5.41) is 64.0. The van der Waals surface area contributed by atoms with Crippen molar-refractivity contribution in [3.8, 4) is 0 Å². The van der Waals surface area contributed by atoms with Gasteiger partial charge in [-0.15, -0.1) is 0 Å². The number of aliphatic hydroxyl groups is 5. The third-order valence-corrected chi connectivity index (χ3v) is 2.84. The Morgan fingerprint density at radius 3 is 2.09 bits per heavy atom. The third kappa shape index (κ3) is 5.09. The molecule has 1 aromatic rings. The average Bonchev–Trinajstić information content (AvgIpc) is 2.52. The van der Waals surface area contributed by atoms with E-state index in [-0.39, 0.29) is 12.2 Å². The van der Waals surface area contributed by atoms with Crippen LogP contribution in [0.2, 0.25) is 0 Å². The number of non-ortho nitro benzene ring substituents is 1. The molecule has 0 aromatic heterocycles. The van der Waals surface area contributed by atoms with Crippen LogP contribution in [0.25, 0.3) is 0 Å². The Balaban J connectivity index is 2.55. The van der Waals surface area contributed by atoms with Crippen molar-refractivity contribution in [1.82, 2.24) is 0 Å². The fourth-order valence-corrected chi connectivity index (χ4v) is 1.52. The summed E-state index contributed by atoms with van der Waals surface area (Å²) in [5.74, 6) is 0. The van der Waals surface area contributed by atoms with Crippen molar-refractivity contribution in [3.05, 3.63) is 34.4 Å². The molecule has 0 amide bonds. The second-order valence-corrected chi connectivity index (χ2v) is 4.50. The standard InChI is InChI=1S/C12H17N3O7/c16-6-10(18)12(20)11(19)9(17)5-13-14-7-1-3-8(4-2-7)15(21)22/h1-4,9-12,16-20H,5-6H2. The second-order valence-electron chi connectivity index (χ2n) is 4.50. The van der Waals surface area contributed by atoms with Gasteiger partial charge in [0.2, 0.25) is 0 Å². The number of nitrogens with zero attached hydrogens (tertiary/aromatic N) is 3. The molecule has 0 radical (unpaired) electrons. The summed E-state index contributed by atoms with van der Waals surface area (Å²) in [4.78, 5) is 9.90. The zero-order valence-electron chi connectivity index (χ0n) is 11.4. The van der Waals surface area contributed by atoms with E-state index in [4.69, 9.17) is 10.2 Å². The van der Waals surface area contributed by atoms with Crippen molar-refractivity contribution in [2.75, 3.05) is 13.2 Å². The van der Waals surface area contributed by atoms with Crippen molar-refractivity contribution < 1.29 is 30.5 Å². The van der Waals surface area contributed by atoms with E-state index in [9.17, 15) is 25.4 Å². The van der Waals surface area contributed by atoms with E-state index in [2.05, 4.69) is 10.2 Å². The van der Waals surface area contributed by atoms with Crippen molar-refractivity contribution in [1.29, 1.82) is 0 Å².